The van der Waals surface area contributed by atoms with Crippen LogP contribution >= 0.6 is 0 Å². The highest BCUT2D eigenvalue weighted by Gasteiger charge is 2.18. The second kappa shape index (κ2) is 6.19. The van der Waals surface area contributed by atoms with Crippen molar-refractivity contribution in [3.63, 3.8) is 0 Å². The molecule has 2 N–H and O–H groups in total. The summed E-state index contributed by atoms with van der Waals surface area (Å²) in [6, 6.07) is 9.90. The van der Waals surface area contributed by atoms with Gasteiger partial charge in [-0.25, -0.2) is 0 Å². The SMILES string of the molecule is COC(=O)C(CCN)Cc1ccccc1. The van der Waals surface area contributed by atoms with Crippen molar-refractivity contribution in [1.29, 1.82) is 0 Å². The molecule has 1 unspecified atom stereocenters. The van der Waals surface area contributed by atoms with Crippen LogP contribution in [0.1, 0.15) is 12.0 Å². The molecule has 0 bridgehead atoms. The number of hydrogen-bond donors (Lipinski definition) is 1. The Hall–Kier alpha value is -1.35. The smallest absolute Gasteiger partial charge is 0.309 e. The van der Waals surface area contributed by atoms with E-state index in [1.165, 1.54) is 7.11 Å². The van der Waals surface area contributed by atoms with Crippen LogP contribution in [0.5, 0.6) is 0 Å². The number of hydrogen-bond acceptors (Lipinski definition) is 3. The van der Waals surface area contributed by atoms with Crippen molar-refractivity contribution in [2.75, 3.05) is 13.7 Å². The molecule has 0 radical (unpaired) electrons. The molecular formula is C12H17NO2. The third kappa shape index (κ3) is 3.72. The number of esters is 1. The Morgan fingerprint density at radius 2 is 2.07 bits per heavy atom. The molecule has 1 aromatic rings. The molecule has 3 heteroatoms. The summed E-state index contributed by atoms with van der Waals surface area (Å²) in [6.07, 6.45) is 1.37. The molecule has 1 rings (SSSR count). The van der Waals surface area contributed by atoms with Gasteiger partial charge < -0.3 is 10.5 Å². The Morgan fingerprint density at radius 1 is 1.40 bits per heavy atom. The standard InChI is InChI=1S/C12H17NO2/c1-15-12(14)11(7-8-13)9-10-5-3-2-4-6-10/h2-6,11H,7-9,13H2,1H3. The number of carbonyl (C=O) groups excluding carboxylic acids is 1. The Kier molecular flexibility index (Phi) is 4.84. The lowest BCUT2D eigenvalue weighted by Gasteiger charge is -2.13. The van der Waals surface area contributed by atoms with E-state index in [1.807, 2.05) is 30.3 Å². The highest BCUT2D eigenvalue weighted by molar-refractivity contribution is 5.72. The lowest BCUT2D eigenvalue weighted by molar-refractivity contribution is -0.145. The fourth-order valence-electron chi connectivity index (χ4n) is 1.57. The number of ether oxygens (including phenoxy) is 1. The van der Waals surface area contributed by atoms with Crippen molar-refractivity contribution in [3.8, 4) is 0 Å². The van der Waals surface area contributed by atoms with E-state index in [4.69, 9.17) is 10.5 Å². The number of methoxy groups -OCH3 is 1. The van der Waals surface area contributed by atoms with Crippen LogP contribution in [-0.2, 0) is 16.0 Å². The first-order valence-electron chi connectivity index (χ1n) is 5.09. The van der Waals surface area contributed by atoms with Crippen LogP contribution in [0, 0.1) is 5.92 Å². The minimum Gasteiger partial charge on any atom is -0.469 e. The maximum absolute atomic E-state index is 11.4. The second-order valence-corrected chi connectivity index (χ2v) is 3.49. The highest BCUT2D eigenvalue weighted by atomic mass is 16.5. The summed E-state index contributed by atoms with van der Waals surface area (Å²) < 4.78 is 4.74. The summed E-state index contributed by atoms with van der Waals surface area (Å²) >= 11 is 0. The van der Waals surface area contributed by atoms with Gasteiger partial charge in [0, 0.05) is 0 Å². The zero-order chi connectivity index (χ0) is 11.1. The molecule has 0 heterocycles. The van der Waals surface area contributed by atoms with Gasteiger partial charge in [0.05, 0.1) is 13.0 Å². The highest BCUT2D eigenvalue weighted by Crippen LogP contribution is 2.13. The monoisotopic (exact) mass is 207 g/mol. The molecule has 15 heavy (non-hydrogen) atoms. The van der Waals surface area contributed by atoms with Crippen LogP contribution in [0.4, 0.5) is 0 Å². The van der Waals surface area contributed by atoms with Crippen molar-refractivity contribution in [2.24, 2.45) is 11.7 Å². The van der Waals surface area contributed by atoms with E-state index in [-0.39, 0.29) is 11.9 Å². The van der Waals surface area contributed by atoms with Crippen LogP contribution in [0.25, 0.3) is 0 Å². The van der Waals surface area contributed by atoms with Crippen molar-refractivity contribution >= 4 is 5.97 Å². The van der Waals surface area contributed by atoms with E-state index in [1.54, 1.807) is 0 Å². The minimum atomic E-state index is -0.177. The maximum Gasteiger partial charge on any atom is 0.309 e. The van der Waals surface area contributed by atoms with E-state index in [2.05, 4.69) is 0 Å². The summed E-state index contributed by atoms with van der Waals surface area (Å²) in [4.78, 5) is 11.4. The first kappa shape index (κ1) is 11.7. The normalized spacial score (nSPS) is 12.1. The molecule has 0 fully saturated rings. The summed E-state index contributed by atoms with van der Waals surface area (Å²) in [6.45, 7) is 0.507. The van der Waals surface area contributed by atoms with Gasteiger partial charge in [0.15, 0.2) is 0 Å². The van der Waals surface area contributed by atoms with Crippen molar-refractivity contribution in [2.45, 2.75) is 12.8 Å². The van der Waals surface area contributed by atoms with Crippen LogP contribution < -0.4 is 5.73 Å². The van der Waals surface area contributed by atoms with E-state index in [0.29, 0.717) is 19.4 Å². The Bertz CT molecular complexity index is 298. The third-order valence-corrected chi connectivity index (χ3v) is 2.37. The van der Waals surface area contributed by atoms with Gasteiger partial charge in [0.2, 0.25) is 0 Å². The van der Waals surface area contributed by atoms with Crippen LogP contribution in [0.2, 0.25) is 0 Å². The van der Waals surface area contributed by atoms with Gasteiger partial charge in [-0.3, -0.25) is 4.79 Å². The van der Waals surface area contributed by atoms with Gasteiger partial charge in [-0.15, -0.1) is 0 Å². The molecule has 0 aliphatic rings. The van der Waals surface area contributed by atoms with Crippen LogP contribution in [0.3, 0.4) is 0 Å². The van der Waals surface area contributed by atoms with Crippen molar-refractivity contribution in [1.82, 2.24) is 0 Å². The minimum absolute atomic E-state index is 0.123. The first-order valence-corrected chi connectivity index (χ1v) is 5.09. The quantitative estimate of drug-likeness (QED) is 0.742. The summed E-state index contributed by atoms with van der Waals surface area (Å²) in [5, 5.41) is 0. The van der Waals surface area contributed by atoms with Crippen molar-refractivity contribution < 1.29 is 9.53 Å². The summed E-state index contributed by atoms with van der Waals surface area (Å²) in [5.74, 6) is -0.299. The van der Waals surface area contributed by atoms with Gasteiger partial charge >= 0.3 is 5.97 Å². The van der Waals surface area contributed by atoms with E-state index < -0.39 is 0 Å². The van der Waals surface area contributed by atoms with Gasteiger partial charge in [-0.1, -0.05) is 30.3 Å². The fraction of sp³-hybridized carbons (Fsp3) is 0.417. The molecular weight excluding hydrogens is 190 g/mol. The molecule has 0 aromatic heterocycles. The van der Waals surface area contributed by atoms with Gasteiger partial charge in [0.25, 0.3) is 0 Å². The first-order chi connectivity index (χ1) is 7.27. The van der Waals surface area contributed by atoms with Gasteiger partial charge in [-0.05, 0) is 24.9 Å². The molecule has 0 aliphatic carbocycles. The van der Waals surface area contributed by atoms with Crippen LogP contribution in [0.15, 0.2) is 30.3 Å². The molecule has 0 spiro atoms. The van der Waals surface area contributed by atoms with Gasteiger partial charge in [-0.2, -0.15) is 0 Å². The Balaban J connectivity index is 2.62. The number of benzene rings is 1. The van der Waals surface area contributed by atoms with Gasteiger partial charge in [0.1, 0.15) is 0 Å². The average Bonchev–Trinajstić information content (AvgIpc) is 2.29. The lowest BCUT2D eigenvalue weighted by Crippen LogP contribution is -2.21. The predicted octanol–water partition coefficient (Wildman–Crippen LogP) is 1.37. The maximum atomic E-state index is 11.4. The lowest BCUT2D eigenvalue weighted by atomic mass is 9.96. The molecule has 0 saturated carbocycles. The Morgan fingerprint density at radius 3 is 2.60 bits per heavy atom. The number of rotatable bonds is 5. The van der Waals surface area contributed by atoms with E-state index in [9.17, 15) is 4.79 Å². The van der Waals surface area contributed by atoms with Crippen LogP contribution in [-0.4, -0.2) is 19.6 Å². The fourth-order valence-corrected chi connectivity index (χ4v) is 1.57. The third-order valence-electron chi connectivity index (χ3n) is 2.37. The molecule has 82 valence electrons. The van der Waals surface area contributed by atoms with E-state index in [0.717, 1.165) is 5.56 Å². The van der Waals surface area contributed by atoms with E-state index >= 15 is 0 Å². The zero-order valence-electron chi connectivity index (χ0n) is 8.98. The molecule has 0 amide bonds. The molecule has 1 atom stereocenters. The van der Waals surface area contributed by atoms with Crippen molar-refractivity contribution in [3.05, 3.63) is 35.9 Å². The molecule has 1 aromatic carbocycles. The molecule has 0 aliphatic heterocycles. The second-order valence-electron chi connectivity index (χ2n) is 3.49. The topological polar surface area (TPSA) is 52.3 Å². The summed E-state index contributed by atoms with van der Waals surface area (Å²) in [5.41, 5.74) is 6.61. The number of carbonyl (C=O) groups is 1. The summed E-state index contributed by atoms with van der Waals surface area (Å²) in [7, 11) is 1.41. The number of nitrogens with two attached hydrogens (primary N) is 1. The Labute approximate surface area is 90.2 Å². The molecule has 3 nitrogen and oxygen atoms in total. The largest absolute Gasteiger partial charge is 0.469 e. The average molecular weight is 207 g/mol. The molecule has 0 saturated heterocycles. The predicted molar refractivity (Wildman–Crippen MR) is 59.3 cm³/mol. The zero-order valence-corrected chi connectivity index (χ0v) is 8.98.